The highest BCUT2D eigenvalue weighted by atomic mass is 35.5. The molecule has 578 valence electrons. The van der Waals surface area contributed by atoms with E-state index in [1.807, 2.05) is 48.5 Å². The Kier molecular flexibility index (Phi) is 36.6. The highest BCUT2D eigenvalue weighted by molar-refractivity contribution is 6.14. The van der Waals surface area contributed by atoms with Crippen molar-refractivity contribution in [3.8, 4) is 0 Å². The van der Waals surface area contributed by atoms with E-state index in [0.29, 0.717) is 28.7 Å². The Morgan fingerprint density at radius 2 is 0.811 bits per heavy atom. The van der Waals surface area contributed by atoms with Gasteiger partial charge in [0.25, 0.3) is 0 Å². The van der Waals surface area contributed by atoms with Crippen LogP contribution < -0.4 is 32.3 Å². The molecule has 20 nitrogen and oxygen atoms in total. The van der Waals surface area contributed by atoms with E-state index in [9.17, 15) is 83.0 Å². The lowest BCUT2D eigenvalue weighted by Crippen LogP contribution is -2.50. The molecule has 3 amide bonds. The van der Waals surface area contributed by atoms with E-state index < -0.39 is 124 Å². The van der Waals surface area contributed by atoms with Gasteiger partial charge in [-0.05, 0) is 182 Å². The van der Waals surface area contributed by atoms with Crippen LogP contribution in [0.2, 0.25) is 0 Å². The number of nitrogen functional groups attached to an aromatic ring is 1. The van der Waals surface area contributed by atoms with Crippen LogP contribution in [0.15, 0.2) is 158 Å². The molecule has 0 aliphatic carbocycles. The highest BCUT2D eigenvalue weighted by Crippen LogP contribution is 2.32. The Morgan fingerprint density at radius 1 is 0.462 bits per heavy atom. The minimum absolute atomic E-state index is 0.0495. The molecule has 0 unspecified atom stereocenters. The van der Waals surface area contributed by atoms with Gasteiger partial charge in [-0.3, -0.25) is 39.0 Å². The number of benzene rings is 6. The van der Waals surface area contributed by atoms with Crippen molar-refractivity contribution in [3.05, 3.63) is 213 Å². The van der Waals surface area contributed by atoms with Crippen molar-refractivity contribution in [1.29, 1.82) is 5.41 Å². The van der Waals surface area contributed by atoms with Crippen molar-refractivity contribution in [3.63, 3.8) is 0 Å². The smallest absolute Gasteiger partial charge is 0.416 e. The third-order valence-electron chi connectivity index (χ3n) is 15.0. The maximum atomic E-state index is 13.0. The summed E-state index contributed by atoms with van der Waals surface area (Å²) in [6.45, 7) is 15.4. The summed E-state index contributed by atoms with van der Waals surface area (Å²) in [6.07, 6.45) is -12.4. The van der Waals surface area contributed by atoms with Gasteiger partial charge in [0.1, 0.15) is 48.4 Å². The second-order valence-electron chi connectivity index (χ2n) is 26.4. The van der Waals surface area contributed by atoms with Crippen molar-refractivity contribution in [2.75, 3.05) is 0 Å². The Hall–Kier alpha value is -9.87. The van der Waals surface area contributed by atoms with Gasteiger partial charge in [-0.15, -0.1) is 0 Å². The van der Waals surface area contributed by atoms with Gasteiger partial charge in [0.2, 0.25) is 17.7 Å². The van der Waals surface area contributed by atoms with E-state index >= 15 is 0 Å². The number of carboxylic acids is 1. The Labute approximate surface area is 614 Å². The normalized spacial score (nSPS) is 13.2. The zero-order valence-corrected chi connectivity index (χ0v) is 60.8. The van der Waals surface area contributed by atoms with E-state index in [0.717, 1.165) is 53.1 Å². The zero-order chi connectivity index (χ0) is 79.8. The van der Waals surface area contributed by atoms with Gasteiger partial charge in [-0.1, -0.05) is 121 Å². The van der Waals surface area contributed by atoms with Crippen molar-refractivity contribution in [2.24, 2.45) is 23.3 Å². The van der Waals surface area contributed by atoms with Crippen LogP contribution in [-0.4, -0.2) is 93.9 Å². The summed E-state index contributed by atoms with van der Waals surface area (Å²) in [6, 6.07) is 36.0. The number of amides is 3. The quantitative estimate of drug-likeness (QED) is 0.00540. The maximum absolute atomic E-state index is 13.0. The van der Waals surface area contributed by atoms with Gasteiger partial charge < -0.3 is 51.5 Å². The van der Waals surface area contributed by atoms with Gasteiger partial charge in [-0.2, -0.15) is 39.5 Å². The maximum Gasteiger partial charge on any atom is 0.416 e. The first-order valence-electron chi connectivity index (χ1n) is 33.3. The second-order valence-corrected chi connectivity index (χ2v) is 26.6. The summed E-state index contributed by atoms with van der Waals surface area (Å²) in [4.78, 5) is 98.7. The first kappa shape index (κ1) is 90.3. The molecule has 10 N–H and O–H groups in total. The molecule has 0 saturated carbocycles. The fourth-order valence-corrected chi connectivity index (χ4v) is 9.29. The molecule has 6 atom stereocenters. The van der Waals surface area contributed by atoms with Crippen molar-refractivity contribution >= 4 is 65.2 Å². The molecule has 106 heavy (non-hydrogen) atoms. The predicted octanol–water partition coefficient (Wildman–Crippen LogP) is 13.2. The monoisotopic (exact) mass is 1520 g/mol. The van der Waals surface area contributed by atoms with Crippen LogP contribution >= 0.6 is 11.8 Å². The number of alkyl halides is 9. The summed E-state index contributed by atoms with van der Waals surface area (Å²) in [5.41, 5.74) is 12.5. The summed E-state index contributed by atoms with van der Waals surface area (Å²) in [5, 5.41) is 24.4. The van der Waals surface area contributed by atoms with Crippen LogP contribution in [-0.2, 0) is 115 Å². The van der Waals surface area contributed by atoms with E-state index in [2.05, 4.69) is 20.8 Å². The number of carboxylic acid groups (broad SMARTS) is 1. The van der Waals surface area contributed by atoms with Crippen molar-refractivity contribution in [2.45, 2.75) is 187 Å². The molecule has 0 aliphatic rings. The molecule has 0 aliphatic heterocycles. The lowest BCUT2D eigenvalue weighted by Gasteiger charge is -2.23. The predicted molar refractivity (Wildman–Crippen MR) is 378 cm³/mol. The molecule has 0 fully saturated rings. The molecule has 0 radical (unpaired) electrons. The van der Waals surface area contributed by atoms with Gasteiger partial charge in [0, 0.05) is 18.0 Å². The Morgan fingerprint density at radius 3 is 1.17 bits per heavy atom. The lowest BCUT2D eigenvalue weighted by atomic mass is 9.94. The molecular weight excluding hydrogens is 1430 g/mol. The average molecular weight is 1520 g/mol. The van der Waals surface area contributed by atoms with Crippen LogP contribution in [0.3, 0.4) is 0 Å². The van der Waals surface area contributed by atoms with Crippen LogP contribution in [0, 0.1) is 17.2 Å². The molecule has 6 rings (SSSR count). The van der Waals surface area contributed by atoms with Gasteiger partial charge in [0.15, 0.2) is 0 Å². The molecule has 30 heteroatoms. The number of hydrogen-bond acceptors (Lipinski definition) is 15. The zero-order valence-electron chi connectivity index (χ0n) is 60.0. The van der Waals surface area contributed by atoms with E-state index in [1.165, 1.54) is 50.2 Å². The van der Waals surface area contributed by atoms with Crippen LogP contribution in [0.5, 0.6) is 0 Å². The number of esters is 4. The minimum Gasteiger partial charge on any atom is -0.481 e. The molecular formula is C76H91ClF9N7O13. The van der Waals surface area contributed by atoms with E-state index in [-0.39, 0.29) is 76.5 Å². The standard InChI is InChI=1S/C27H32F3NO5.C22H26F3N5O2.C17H21F3O4.C10H12ClNO2/c1-18(25(34)35-17-20-8-6-5-7-9-20)31-24(33)21(16-23(32)36-26(2,3)4)13-10-19-11-14-22(15-12-19)27(28,29)30;1-13(20(31)29-12-15-2-7-16(8-3-15)19(27)28)30-21(32)18(26)11-6-14-4-9-17(10-5-14)22(23,24)25;1-16(2,3)24-14(21)10-12(15(22)23)7-4-11-5-8-13(9-6-11)17(18,19)20;1-8(12-11)10(13)14-7-9-5-3-2-4-6-9/h5-9,11-12,14-15,18,21H,10,13,16-17H2,1-4H3,(H,31,33);2-5,7-10,13,18H,6,11-12,26H2,1H3,(H3,27,28)(H,29,31)(H,30,32);5-6,8-9,12H,4,7,10H2,1-3H3,(H,22,23);2-6,8,12H,7H2,1H3/t18-,21-;13-,18+;12-;8-/m0000/s1. The average Bonchev–Trinajstić information content (AvgIpc) is 0.860. The third-order valence-corrected chi connectivity index (χ3v) is 15.4. The number of nitrogens with one attached hydrogen (secondary N) is 5. The first-order valence-corrected chi connectivity index (χ1v) is 33.7. The lowest BCUT2D eigenvalue weighted by molar-refractivity contribution is -0.160. The molecule has 6 aromatic carbocycles. The number of carbonyl (C=O) groups excluding carboxylic acids is 7. The van der Waals surface area contributed by atoms with Crippen LogP contribution in [0.25, 0.3) is 0 Å². The number of aliphatic carboxylic acids is 1. The van der Waals surface area contributed by atoms with Crippen LogP contribution in [0.1, 0.15) is 150 Å². The second kappa shape index (κ2) is 42.9. The van der Waals surface area contributed by atoms with Gasteiger partial charge in [0.05, 0.1) is 41.5 Å². The first-order chi connectivity index (χ1) is 49.3. The van der Waals surface area contributed by atoms with E-state index in [1.54, 1.807) is 84.9 Å². The molecule has 0 aromatic heterocycles. The number of halogens is 10. The molecule has 6 aromatic rings. The fraction of sp³-hybridized carbons (Fsp3) is 0.408. The van der Waals surface area contributed by atoms with Gasteiger partial charge >= 0.3 is 48.4 Å². The number of amidine groups is 1. The topological polar surface area (TPSA) is 318 Å². The van der Waals surface area contributed by atoms with Crippen molar-refractivity contribution in [1.82, 2.24) is 20.8 Å². The largest absolute Gasteiger partial charge is 0.481 e. The van der Waals surface area contributed by atoms with E-state index in [4.69, 9.17) is 47.6 Å². The number of carbonyl (C=O) groups is 8. The van der Waals surface area contributed by atoms with Crippen molar-refractivity contribution < 1.29 is 102 Å². The number of hydrogen-bond donors (Lipinski definition) is 8. The summed E-state index contributed by atoms with van der Waals surface area (Å²) >= 11 is 5.28. The number of rotatable bonds is 29. The summed E-state index contributed by atoms with van der Waals surface area (Å²) < 4.78 is 134. The van der Waals surface area contributed by atoms with Crippen LogP contribution in [0.4, 0.5) is 39.5 Å². The Bertz CT molecular complexity index is 3770. The van der Waals surface area contributed by atoms with Gasteiger partial charge in [-0.25, -0.2) is 9.63 Å². The third kappa shape index (κ3) is 36.2. The number of aryl methyl sites for hydroxylation is 3. The summed E-state index contributed by atoms with van der Waals surface area (Å²) in [5.74, 6) is -6.63. The fourth-order valence-electron chi connectivity index (χ4n) is 9.20. The SMILES string of the molecule is CC(C)(C)OC(=O)C[C@H](CCc1ccc(C(F)(F)F)cc1)C(=O)O.C[C@H](NC(=O)[C@@H](CCc1ccc(C(F)(F)F)cc1)CC(=O)OC(C)(C)C)C(=O)OCc1ccccc1.C[C@H](NC(=O)[C@H](N)CCc1ccc(C(F)(F)F)cc1)C(=O)NCc1ccc(C(=N)N)cc1.C[C@H](NCl)C(=O)OCc1ccccc1. The number of ether oxygens (including phenoxy) is 4. The Balaban J connectivity index is 0.000000383. The molecule has 0 spiro atoms. The summed E-state index contributed by atoms with van der Waals surface area (Å²) in [7, 11) is 0. The molecule has 0 heterocycles. The molecule has 0 saturated heterocycles. The highest BCUT2D eigenvalue weighted by Gasteiger charge is 2.34. The molecule has 0 bridgehead atoms. The number of nitrogens with two attached hydrogens (primary N) is 2. The minimum atomic E-state index is -4.44.